The predicted octanol–water partition coefficient (Wildman–Crippen LogP) is 5.31. The normalized spacial score (nSPS) is 9.77. The molecule has 0 aliphatic rings. The highest BCUT2D eigenvalue weighted by Crippen LogP contribution is 2.16. The average Bonchev–Trinajstić information content (AvgIpc) is 2.52. The Morgan fingerprint density at radius 1 is 0.955 bits per heavy atom. The van der Waals surface area contributed by atoms with E-state index in [0.29, 0.717) is 17.4 Å². The van der Waals surface area contributed by atoms with Gasteiger partial charge in [0.1, 0.15) is 17.9 Å². The van der Waals surface area contributed by atoms with Crippen LogP contribution in [0.4, 0.5) is 8.78 Å². The van der Waals surface area contributed by atoms with Gasteiger partial charge in [0.05, 0.1) is 16.1 Å². The van der Waals surface area contributed by atoms with Gasteiger partial charge in [-0.05, 0) is 42.0 Å². The van der Waals surface area contributed by atoms with Crippen LogP contribution >= 0.6 is 23.2 Å². The fourth-order valence-electron chi connectivity index (χ4n) is 1.34. The molecule has 112 valence electrons. The lowest BCUT2D eigenvalue weighted by atomic mass is 10.2. The topological polar surface area (TPSA) is 40.9 Å². The molecule has 2 rings (SSSR count). The summed E-state index contributed by atoms with van der Waals surface area (Å²) in [5, 5.41) is 8.25. The van der Waals surface area contributed by atoms with Crippen LogP contribution in [-0.2, 0) is 0 Å². The van der Waals surface area contributed by atoms with Crippen LogP contribution in [0.3, 0.4) is 0 Å². The van der Waals surface area contributed by atoms with Gasteiger partial charge in [-0.25, -0.2) is 8.78 Å². The van der Waals surface area contributed by atoms with Crippen LogP contribution in [0.15, 0.2) is 42.5 Å². The van der Waals surface area contributed by atoms with Crippen molar-refractivity contribution in [2.24, 2.45) is 0 Å². The van der Waals surface area contributed by atoms with Gasteiger partial charge < -0.3 is 0 Å². The first-order valence-corrected chi connectivity index (χ1v) is 6.65. The second-order valence-electron chi connectivity index (χ2n) is 3.93. The Balaban J connectivity index is 0.000000224. The summed E-state index contributed by atoms with van der Waals surface area (Å²) in [5.41, 5.74) is 1.09. The molecule has 0 unspecified atom stereocenters. The number of aldehydes is 1. The van der Waals surface area contributed by atoms with Crippen molar-refractivity contribution >= 4 is 35.6 Å². The lowest BCUT2D eigenvalue weighted by molar-refractivity contribution is 0.112. The van der Waals surface area contributed by atoms with E-state index in [2.05, 4.69) is 0 Å². The Morgan fingerprint density at radius 2 is 1.45 bits per heavy atom. The van der Waals surface area contributed by atoms with Crippen molar-refractivity contribution in [1.29, 1.82) is 5.26 Å². The summed E-state index contributed by atoms with van der Waals surface area (Å²) in [5.74, 6) is -0.960. The van der Waals surface area contributed by atoms with Gasteiger partial charge in [0.15, 0.2) is 0 Å². The maximum atomic E-state index is 12.6. The largest absolute Gasteiger partial charge is 0.298 e. The Labute approximate surface area is 136 Å². The highest BCUT2D eigenvalue weighted by atomic mass is 35.5. The summed E-state index contributed by atoms with van der Waals surface area (Å²) in [7, 11) is 0. The minimum atomic E-state index is -0.507. The molecule has 0 radical (unpaired) electrons. The molecule has 0 aliphatic heterocycles. The summed E-state index contributed by atoms with van der Waals surface area (Å²) in [4.78, 5) is 10.1. The number of hydrogen-bond donors (Lipinski definition) is 0. The zero-order valence-corrected chi connectivity index (χ0v) is 12.6. The van der Waals surface area contributed by atoms with E-state index in [9.17, 15) is 13.6 Å². The smallest absolute Gasteiger partial charge is 0.150 e. The first-order valence-electron chi connectivity index (χ1n) is 5.89. The zero-order chi connectivity index (χ0) is 16.5. The third-order valence-electron chi connectivity index (χ3n) is 2.37. The van der Waals surface area contributed by atoms with Gasteiger partial charge in [0, 0.05) is 11.6 Å². The van der Waals surface area contributed by atoms with Crippen LogP contribution in [0.2, 0.25) is 10.0 Å². The fraction of sp³-hybridized carbons (Fsp3) is 0. The number of nitriles is 1. The summed E-state index contributed by atoms with van der Waals surface area (Å²) < 4.78 is 25.0. The van der Waals surface area contributed by atoms with Gasteiger partial charge in [-0.3, -0.25) is 4.79 Å². The molecular weight excluding hydrogens is 331 g/mol. The number of allylic oxidation sites excluding steroid dienone is 1. The van der Waals surface area contributed by atoms with Crippen LogP contribution in [0.25, 0.3) is 6.08 Å². The SMILES string of the molecule is N#C/C=C/c1ccc(F)c(Cl)c1.O=Cc1ccc(F)c(Cl)c1. The van der Waals surface area contributed by atoms with E-state index >= 15 is 0 Å². The second-order valence-corrected chi connectivity index (χ2v) is 4.74. The number of carbonyl (C=O) groups excluding carboxylic acids is 1. The Morgan fingerprint density at radius 3 is 1.91 bits per heavy atom. The zero-order valence-electron chi connectivity index (χ0n) is 11.1. The van der Waals surface area contributed by atoms with Crippen molar-refractivity contribution in [2.75, 3.05) is 0 Å². The number of halogens is 4. The molecular formula is C16H9Cl2F2NO. The first-order chi connectivity index (χ1) is 10.5. The summed E-state index contributed by atoms with van der Waals surface area (Å²) in [6.07, 6.45) is 3.49. The quantitative estimate of drug-likeness (QED) is 0.549. The number of carbonyl (C=O) groups is 1. The van der Waals surface area contributed by atoms with Crippen molar-refractivity contribution < 1.29 is 13.6 Å². The molecule has 6 heteroatoms. The monoisotopic (exact) mass is 339 g/mol. The van der Waals surface area contributed by atoms with Gasteiger partial charge in [0.2, 0.25) is 0 Å². The molecule has 0 aromatic heterocycles. The van der Waals surface area contributed by atoms with Crippen molar-refractivity contribution in [3.05, 3.63) is 75.3 Å². The number of nitrogens with zero attached hydrogens (tertiary/aromatic N) is 1. The molecule has 0 bridgehead atoms. The third-order valence-corrected chi connectivity index (χ3v) is 2.95. The predicted molar refractivity (Wildman–Crippen MR) is 82.9 cm³/mol. The van der Waals surface area contributed by atoms with Gasteiger partial charge in [-0.15, -0.1) is 0 Å². The molecule has 0 fully saturated rings. The van der Waals surface area contributed by atoms with Crippen molar-refractivity contribution in [1.82, 2.24) is 0 Å². The lowest BCUT2D eigenvalue weighted by Crippen LogP contribution is -1.81. The maximum Gasteiger partial charge on any atom is 0.150 e. The third kappa shape index (κ3) is 5.65. The van der Waals surface area contributed by atoms with Crippen LogP contribution in [0.5, 0.6) is 0 Å². The van der Waals surface area contributed by atoms with E-state index in [-0.39, 0.29) is 10.0 Å². The Hall–Kier alpha value is -2.22. The van der Waals surface area contributed by atoms with Crippen molar-refractivity contribution in [3.63, 3.8) is 0 Å². The van der Waals surface area contributed by atoms with Gasteiger partial charge >= 0.3 is 0 Å². The minimum absolute atomic E-state index is 0.0235. The van der Waals surface area contributed by atoms with Crippen LogP contribution in [0, 0.1) is 23.0 Å². The van der Waals surface area contributed by atoms with Crippen LogP contribution in [0.1, 0.15) is 15.9 Å². The molecule has 0 saturated heterocycles. The van der Waals surface area contributed by atoms with E-state index in [0.717, 1.165) is 6.07 Å². The molecule has 0 heterocycles. The molecule has 0 saturated carbocycles. The maximum absolute atomic E-state index is 12.6. The Bertz CT molecular complexity index is 739. The lowest BCUT2D eigenvalue weighted by Gasteiger charge is -1.94. The van der Waals surface area contributed by atoms with Crippen molar-refractivity contribution in [3.8, 4) is 6.07 Å². The number of rotatable bonds is 2. The molecule has 0 spiro atoms. The average molecular weight is 340 g/mol. The van der Waals surface area contributed by atoms with E-state index in [1.54, 1.807) is 12.1 Å². The summed E-state index contributed by atoms with van der Waals surface area (Å²) >= 11 is 10.9. The fourth-order valence-corrected chi connectivity index (χ4v) is 1.71. The summed E-state index contributed by atoms with van der Waals surface area (Å²) in [6, 6.07) is 9.92. The standard InChI is InChI=1S/C9H5ClFN.C7H4ClFO/c10-8-6-7(2-1-5-12)3-4-9(8)11;8-6-3-5(4-10)1-2-7(6)9/h1-4,6H;1-4H/b2-1+;. The van der Waals surface area contributed by atoms with Gasteiger partial charge in [0.25, 0.3) is 0 Å². The van der Waals surface area contributed by atoms with Crippen LogP contribution in [-0.4, -0.2) is 6.29 Å². The molecule has 0 amide bonds. The minimum Gasteiger partial charge on any atom is -0.298 e. The molecule has 2 aromatic rings. The van der Waals surface area contributed by atoms with E-state index in [1.165, 1.54) is 30.3 Å². The molecule has 2 aromatic carbocycles. The van der Waals surface area contributed by atoms with E-state index in [4.69, 9.17) is 28.5 Å². The molecule has 0 atom stereocenters. The highest BCUT2D eigenvalue weighted by Gasteiger charge is 1.98. The van der Waals surface area contributed by atoms with Gasteiger partial charge in [-0.2, -0.15) is 5.26 Å². The number of benzene rings is 2. The van der Waals surface area contributed by atoms with E-state index < -0.39 is 11.6 Å². The first kappa shape index (κ1) is 17.8. The van der Waals surface area contributed by atoms with E-state index in [1.807, 2.05) is 6.07 Å². The Kier molecular flexibility index (Phi) is 7.24. The molecule has 0 aliphatic carbocycles. The van der Waals surface area contributed by atoms with Gasteiger partial charge in [-0.1, -0.05) is 29.3 Å². The molecule has 0 N–H and O–H groups in total. The van der Waals surface area contributed by atoms with Crippen molar-refractivity contribution in [2.45, 2.75) is 0 Å². The molecule has 2 nitrogen and oxygen atoms in total. The second kappa shape index (κ2) is 8.93. The van der Waals surface area contributed by atoms with Crippen LogP contribution < -0.4 is 0 Å². The highest BCUT2D eigenvalue weighted by molar-refractivity contribution is 6.31. The summed E-state index contributed by atoms with van der Waals surface area (Å²) in [6.45, 7) is 0. The molecule has 22 heavy (non-hydrogen) atoms. The number of hydrogen-bond acceptors (Lipinski definition) is 2.